The van der Waals surface area contributed by atoms with Gasteiger partial charge in [0.2, 0.25) is 11.8 Å². The van der Waals surface area contributed by atoms with Crippen LogP contribution in [0.4, 0.5) is 5.69 Å². The van der Waals surface area contributed by atoms with Gasteiger partial charge in [0.25, 0.3) is 0 Å². The van der Waals surface area contributed by atoms with Gasteiger partial charge in [0.1, 0.15) is 5.75 Å². The number of carbonyl (C=O) groups excluding carboxylic acids is 2. The van der Waals surface area contributed by atoms with Gasteiger partial charge < -0.3 is 14.5 Å². The number of hydrogen-bond acceptors (Lipinski definition) is 5. The number of benzene rings is 2. The average molecular weight is 499 g/mol. The fourth-order valence-electron chi connectivity index (χ4n) is 5.45. The van der Waals surface area contributed by atoms with Gasteiger partial charge in [-0.1, -0.05) is 29.8 Å². The number of nitrogens with zero attached hydrogens (tertiary/aromatic N) is 4. The van der Waals surface area contributed by atoms with Crippen LogP contribution in [-0.2, 0) is 16.1 Å². The molecule has 0 aliphatic carbocycles. The Kier molecular flexibility index (Phi) is 7.51. The van der Waals surface area contributed by atoms with E-state index in [1.165, 1.54) is 5.56 Å². The van der Waals surface area contributed by atoms with Crippen molar-refractivity contribution in [3.05, 3.63) is 89.7 Å². The Morgan fingerprint density at radius 2 is 1.62 bits per heavy atom. The maximum absolute atomic E-state index is 14.0. The van der Waals surface area contributed by atoms with Crippen LogP contribution in [0.3, 0.4) is 0 Å². The first-order valence-electron chi connectivity index (χ1n) is 13.0. The Morgan fingerprint density at radius 3 is 2.27 bits per heavy atom. The summed E-state index contributed by atoms with van der Waals surface area (Å²) in [5.74, 6) is 0.630. The van der Waals surface area contributed by atoms with Gasteiger partial charge in [-0.3, -0.25) is 19.5 Å². The lowest BCUT2D eigenvalue weighted by Gasteiger charge is -2.44. The SMILES string of the molecule is COc1ccc(C2C(C(=O)N3CCN(Cc4ccncc4)CC3)CCC(=O)N2c2ccc(C)cc2)cc1. The zero-order valence-electron chi connectivity index (χ0n) is 21.5. The highest BCUT2D eigenvalue weighted by Gasteiger charge is 2.43. The topological polar surface area (TPSA) is 66.0 Å². The highest BCUT2D eigenvalue weighted by Crippen LogP contribution is 2.41. The molecule has 7 heteroatoms. The van der Waals surface area contributed by atoms with Crippen molar-refractivity contribution in [1.82, 2.24) is 14.8 Å². The van der Waals surface area contributed by atoms with E-state index in [-0.39, 0.29) is 23.8 Å². The molecule has 0 bridgehead atoms. The molecule has 2 atom stereocenters. The predicted octanol–water partition coefficient (Wildman–Crippen LogP) is 4.23. The molecule has 7 nitrogen and oxygen atoms in total. The van der Waals surface area contributed by atoms with Crippen molar-refractivity contribution in [3.63, 3.8) is 0 Å². The molecular formula is C30H34N4O3. The van der Waals surface area contributed by atoms with Crippen LogP contribution in [0.1, 0.15) is 35.6 Å². The first-order chi connectivity index (χ1) is 18.0. The molecule has 2 unspecified atom stereocenters. The maximum atomic E-state index is 14.0. The van der Waals surface area contributed by atoms with Crippen LogP contribution in [-0.4, -0.2) is 59.9 Å². The second-order valence-electron chi connectivity index (χ2n) is 9.92. The number of ether oxygens (including phenoxy) is 1. The fraction of sp³-hybridized carbons (Fsp3) is 0.367. The molecule has 2 aromatic carbocycles. The molecule has 2 aliphatic heterocycles. The Balaban J connectivity index is 1.38. The summed E-state index contributed by atoms with van der Waals surface area (Å²) >= 11 is 0. The first-order valence-corrected chi connectivity index (χ1v) is 13.0. The number of aromatic nitrogens is 1. The van der Waals surface area contributed by atoms with E-state index in [1.807, 2.05) is 89.8 Å². The fourth-order valence-corrected chi connectivity index (χ4v) is 5.45. The molecule has 2 amide bonds. The molecule has 2 fully saturated rings. The Labute approximate surface area is 218 Å². The Hall–Kier alpha value is -3.71. The number of aryl methyl sites for hydroxylation is 1. The summed E-state index contributed by atoms with van der Waals surface area (Å²) in [6.07, 6.45) is 4.55. The van der Waals surface area contributed by atoms with Gasteiger partial charge >= 0.3 is 0 Å². The first kappa shape index (κ1) is 25.0. The quantitative estimate of drug-likeness (QED) is 0.509. The Morgan fingerprint density at radius 1 is 0.946 bits per heavy atom. The van der Waals surface area contributed by atoms with E-state index < -0.39 is 0 Å². The minimum atomic E-state index is -0.364. The Bertz CT molecular complexity index is 1210. The number of methoxy groups -OCH3 is 1. The summed E-state index contributed by atoms with van der Waals surface area (Å²) in [7, 11) is 1.64. The lowest BCUT2D eigenvalue weighted by Crippen LogP contribution is -2.54. The lowest BCUT2D eigenvalue weighted by atomic mass is 9.82. The second kappa shape index (κ2) is 11.1. The largest absolute Gasteiger partial charge is 0.497 e. The van der Waals surface area contributed by atoms with Gasteiger partial charge in [0.05, 0.1) is 19.1 Å². The molecule has 0 saturated carbocycles. The van der Waals surface area contributed by atoms with E-state index in [1.54, 1.807) is 7.11 Å². The minimum Gasteiger partial charge on any atom is -0.497 e. The number of rotatable bonds is 6. The van der Waals surface area contributed by atoms with Gasteiger partial charge in [-0.15, -0.1) is 0 Å². The van der Waals surface area contributed by atoms with Crippen LogP contribution >= 0.6 is 0 Å². The summed E-state index contributed by atoms with van der Waals surface area (Å²) < 4.78 is 5.36. The van der Waals surface area contributed by atoms with Crippen LogP contribution in [0.15, 0.2) is 73.1 Å². The van der Waals surface area contributed by atoms with Gasteiger partial charge in [0.15, 0.2) is 0 Å². The van der Waals surface area contributed by atoms with Gasteiger partial charge in [-0.05, 0) is 60.9 Å². The van der Waals surface area contributed by atoms with E-state index in [0.717, 1.165) is 42.2 Å². The zero-order chi connectivity index (χ0) is 25.8. The van der Waals surface area contributed by atoms with Crippen molar-refractivity contribution in [1.29, 1.82) is 0 Å². The molecule has 0 spiro atoms. The molecule has 3 heterocycles. The molecule has 37 heavy (non-hydrogen) atoms. The highest BCUT2D eigenvalue weighted by molar-refractivity contribution is 5.97. The zero-order valence-corrected chi connectivity index (χ0v) is 21.5. The number of pyridine rings is 1. The molecule has 1 aromatic heterocycles. The van der Waals surface area contributed by atoms with Crippen molar-refractivity contribution in [3.8, 4) is 5.75 Å². The van der Waals surface area contributed by atoms with E-state index in [2.05, 4.69) is 9.88 Å². The molecule has 0 radical (unpaired) electrons. The number of piperidine rings is 1. The van der Waals surface area contributed by atoms with Crippen LogP contribution in [0.5, 0.6) is 5.75 Å². The van der Waals surface area contributed by atoms with Gasteiger partial charge in [0, 0.05) is 57.2 Å². The van der Waals surface area contributed by atoms with Crippen molar-refractivity contribution in [2.75, 3.05) is 38.2 Å². The van der Waals surface area contributed by atoms with E-state index >= 15 is 0 Å². The van der Waals surface area contributed by atoms with E-state index in [9.17, 15) is 9.59 Å². The molecule has 2 saturated heterocycles. The monoisotopic (exact) mass is 498 g/mol. The van der Waals surface area contributed by atoms with Crippen molar-refractivity contribution >= 4 is 17.5 Å². The lowest BCUT2D eigenvalue weighted by molar-refractivity contribution is -0.140. The predicted molar refractivity (Wildman–Crippen MR) is 143 cm³/mol. The summed E-state index contributed by atoms with van der Waals surface area (Å²) in [6, 6.07) is 19.5. The van der Waals surface area contributed by atoms with E-state index in [0.29, 0.717) is 25.9 Å². The molecule has 5 rings (SSSR count). The standard InChI is InChI=1S/C30H34N4O3/c1-22-3-7-25(8-4-22)34-28(35)12-11-27(29(34)24-5-9-26(37-2)10-6-24)30(36)33-19-17-32(18-20-33)21-23-13-15-31-16-14-23/h3-10,13-16,27,29H,11-12,17-21H2,1-2H3. The van der Waals surface area contributed by atoms with Crippen molar-refractivity contribution in [2.24, 2.45) is 5.92 Å². The number of amides is 2. The average Bonchev–Trinajstić information content (AvgIpc) is 2.94. The summed E-state index contributed by atoms with van der Waals surface area (Å²) in [5, 5.41) is 0. The number of hydrogen-bond donors (Lipinski definition) is 0. The normalized spacial score (nSPS) is 20.6. The number of piperazine rings is 1. The molecule has 0 N–H and O–H groups in total. The van der Waals surface area contributed by atoms with E-state index in [4.69, 9.17) is 4.74 Å². The summed E-state index contributed by atoms with van der Waals surface area (Å²) in [6.45, 7) is 5.92. The summed E-state index contributed by atoms with van der Waals surface area (Å²) in [4.78, 5) is 37.6. The van der Waals surface area contributed by atoms with Crippen molar-refractivity contribution < 1.29 is 14.3 Å². The van der Waals surface area contributed by atoms with Crippen LogP contribution in [0.2, 0.25) is 0 Å². The van der Waals surface area contributed by atoms with Gasteiger partial charge in [-0.2, -0.15) is 0 Å². The minimum absolute atomic E-state index is 0.0518. The third-order valence-electron chi connectivity index (χ3n) is 7.52. The van der Waals surface area contributed by atoms with Gasteiger partial charge in [-0.25, -0.2) is 0 Å². The molecule has 2 aliphatic rings. The second-order valence-corrected chi connectivity index (χ2v) is 9.92. The number of anilines is 1. The molecule has 3 aromatic rings. The maximum Gasteiger partial charge on any atom is 0.228 e. The van der Waals surface area contributed by atoms with Crippen molar-refractivity contribution in [2.45, 2.75) is 32.4 Å². The molecule has 192 valence electrons. The van der Waals surface area contributed by atoms with Crippen LogP contribution < -0.4 is 9.64 Å². The third kappa shape index (κ3) is 5.52. The smallest absolute Gasteiger partial charge is 0.228 e. The summed E-state index contributed by atoms with van der Waals surface area (Å²) in [5.41, 5.74) is 4.14. The molecular weight excluding hydrogens is 464 g/mol. The van der Waals surface area contributed by atoms with Crippen LogP contribution in [0.25, 0.3) is 0 Å². The highest BCUT2D eigenvalue weighted by atomic mass is 16.5. The third-order valence-corrected chi connectivity index (χ3v) is 7.52. The van der Waals surface area contributed by atoms with Crippen LogP contribution in [0, 0.1) is 12.8 Å². The number of carbonyl (C=O) groups is 2.